The summed E-state index contributed by atoms with van der Waals surface area (Å²) in [4.78, 5) is 33.3. The summed E-state index contributed by atoms with van der Waals surface area (Å²) in [6.45, 7) is 3.66. The average molecular weight is 450 g/mol. The lowest BCUT2D eigenvalue weighted by Crippen LogP contribution is -2.60. The Morgan fingerprint density at radius 2 is 1.91 bits per heavy atom. The molecule has 1 aliphatic carbocycles. The molecule has 0 aromatic heterocycles. The van der Waals surface area contributed by atoms with Crippen molar-refractivity contribution in [1.29, 1.82) is 0 Å². The van der Waals surface area contributed by atoms with Crippen molar-refractivity contribution in [2.75, 3.05) is 38.2 Å². The average Bonchev–Trinajstić information content (AvgIpc) is 3.25. The third kappa shape index (κ3) is 3.67. The second-order valence-electron chi connectivity index (χ2n) is 10.6. The van der Waals surface area contributed by atoms with Crippen LogP contribution in [0, 0.1) is 17.8 Å². The lowest BCUT2D eigenvalue weighted by molar-refractivity contribution is -0.140. The molecule has 1 aromatic carbocycles. The highest BCUT2D eigenvalue weighted by Crippen LogP contribution is 2.45. The van der Waals surface area contributed by atoms with Gasteiger partial charge in [0.15, 0.2) is 0 Å². The normalized spacial score (nSPS) is 33.9. The van der Waals surface area contributed by atoms with Crippen molar-refractivity contribution in [3.05, 3.63) is 35.9 Å². The predicted octanol–water partition coefficient (Wildman–Crippen LogP) is 3.47. The van der Waals surface area contributed by atoms with Gasteiger partial charge in [0.05, 0.1) is 19.1 Å². The molecule has 5 unspecified atom stereocenters. The molecule has 0 spiro atoms. The van der Waals surface area contributed by atoms with Crippen LogP contribution in [0.15, 0.2) is 35.9 Å². The predicted molar refractivity (Wildman–Crippen MR) is 127 cm³/mol. The van der Waals surface area contributed by atoms with Gasteiger partial charge in [-0.05, 0) is 74.8 Å². The first-order chi connectivity index (χ1) is 16.1. The quantitative estimate of drug-likeness (QED) is 0.663. The highest BCUT2D eigenvalue weighted by atomic mass is 16.5. The van der Waals surface area contributed by atoms with Crippen molar-refractivity contribution in [2.24, 2.45) is 17.8 Å². The molecule has 4 saturated heterocycles. The number of ether oxygens (including phenoxy) is 1. The highest BCUT2D eigenvalue weighted by Gasteiger charge is 2.48. The van der Waals surface area contributed by atoms with Crippen molar-refractivity contribution in [1.82, 2.24) is 9.80 Å². The molecular weight excluding hydrogens is 414 g/mol. The van der Waals surface area contributed by atoms with Gasteiger partial charge in [0.1, 0.15) is 5.75 Å². The maximum atomic E-state index is 13.8. The number of benzene rings is 1. The maximum Gasteiger partial charge on any atom is 0.228 e. The number of nitrogens with zero attached hydrogens (tertiary/aromatic N) is 3. The van der Waals surface area contributed by atoms with Gasteiger partial charge < -0.3 is 14.5 Å². The summed E-state index contributed by atoms with van der Waals surface area (Å²) in [6, 6.07) is 8.52. The molecule has 6 nitrogen and oxygen atoms in total. The molecule has 2 bridgehead atoms. The molecule has 176 valence electrons. The Morgan fingerprint density at radius 3 is 2.73 bits per heavy atom. The Balaban J connectivity index is 1.21. The van der Waals surface area contributed by atoms with Crippen LogP contribution in [0.2, 0.25) is 0 Å². The smallest absolute Gasteiger partial charge is 0.228 e. The molecule has 4 heterocycles. The topological polar surface area (TPSA) is 53.1 Å². The number of amides is 2. The molecule has 1 aromatic rings. The number of methoxy groups -OCH3 is 1. The van der Waals surface area contributed by atoms with Crippen molar-refractivity contribution < 1.29 is 14.3 Å². The standard InChI is InChI=1S/C27H35N3O3/c1-33-23-9-7-22(8-10-23)30-17-21(15-25(30)31)27(32)29-12-4-5-18-13-19-14-20(26(18)29)16-28-11-3-2-6-24(19)28/h7-10,13,19-21,24,26H,2-6,11-12,14-17H2,1H3. The number of hydrogen-bond donors (Lipinski definition) is 0. The van der Waals surface area contributed by atoms with E-state index in [1.807, 2.05) is 24.3 Å². The Bertz CT molecular complexity index is 958. The van der Waals surface area contributed by atoms with Crippen LogP contribution in [-0.4, -0.2) is 67.0 Å². The van der Waals surface area contributed by atoms with Crippen LogP contribution in [0.3, 0.4) is 0 Å². The van der Waals surface area contributed by atoms with Crippen molar-refractivity contribution in [3.8, 4) is 5.75 Å². The molecule has 33 heavy (non-hydrogen) atoms. The highest BCUT2D eigenvalue weighted by molar-refractivity contribution is 6.00. The first-order valence-electron chi connectivity index (χ1n) is 12.8. The summed E-state index contributed by atoms with van der Waals surface area (Å²) in [6.07, 6.45) is 10.3. The van der Waals surface area contributed by atoms with E-state index < -0.39 is 0 Å². The Hall–Kier alpha value is -2.34. The molecule has 0 N–H and O–H groups in total. The van der Waals surface area contributed by atoms with Crippen LogP contribution in [0.4, 0.5) is 5.69 Å². The van der Waals surface area contributed by atoms with Gasteiger partial charge in [-0.1, -0.05) is 18.1 Å². The van der Waals surface area contributed by atoms with Gasteiger partial charge in [0.25, 0.3) is 0 Å². The number of carbonyl (C=O) groups is 2. The van der Waals surface area contributed by atoms with Crippen molar-refractivity contribution in [2.45, 2.75) is 57.0 Å². The number of piperidine rings is 3. The molecule has 2 amide bonds. The van der Waals surface area contributed by atoms with E-state index in [9.17, 15) is 9.59 Å². The summed E-state index contributed by atoms with van der Waals surface area (Å²) in [5.41, 5.74) is 2.36. The second-order valence-corrected chi connectivity index (χ2v) is 10.6. The van der Waals surface area contributed by atoms with E-state index >= 15 is 0 Å². The van der Waals surface area contributed by atoms with E-state index in [0.29, 0.717) is 24.8 Å². The lowest BCUT2D eigenvalue weighted by Gasteiger charge is -2.55. The molecular formula is C27H35N3O3. The fourth-order valence-electron chi connectivity index (χ4n) is 7.34. The first kappa shape index (κ1) is 21.2. The van der Waals surface area contributed by atoms with Gasteiger partial charge in [0.2, 0.25) is 11.8 Å². The van der Waals surface area contributed by atoms with Crippen LogP contribution in [0.25, 0.3) is 0 Å². The maximum absolute atomic E-state index is 13.8. The summed E-state index contributed by atoms with van der Waals surface area (Å²) < 4.78 is 5.24. The van der Waals surface area contributed by atoms with E-state index in [2.05, 4.69) is 15.9 Å². The number of hydrogen-bond acceptors (Lipinski definition) is 4. The minimum absolute atomic E-state index is 0.0452. The lowest BCUT2D eigenvalue weighted by atomic mass is 9.68. The molecule has 6 rings (SSSR count). The molecule has 6 heteroatoms. The van der Waals surface area contributed by atoms with Crippen LogP contribution in [0.1, 0.15) is 44.9 Å². The van der Waals surface area contributed by atoms with E-state index in [1.54, 1.807) is 12.0 Å². The zero-order chi connectivity index (χ0) is 22.5. The number of rotatable bonds is 3. The molecule has 4 aliphatic heterocycles. The summed E-state index contributed by atoms with van der Waals surface area (Å²) in [5.74, 6) is 1.97. The fraction of sp³-hybridized carbons (Fsp3) is 0.630. The fourth-order valence-corrected chi connectivity index (χ4v) is 7.34. The second kappa shape index (κ2) is 8.46. The third-order valence-electron chi connectivity index (χ3n) is 8.80. The van der Waals surface area contributed by atoms with Crippen LogP contribution in [0.5, 0.6) is 5.75 Å². The summed E-state index contributed by atoms with van der Waals surface area (Å²) in [7, 11) is 1.64. The molecule has 5 atom stereocenters. The number of anilines is 1. The zero-order valence-electron chi connectivity index (χ0n) is 19.6. The molecule has 5 aliphatic rings. The number of fused-ring (bicyclic) bond motifs is 6. The summed E-state index contributed by atoms with van der Waals surface area (Å²) >= 11 is 0. The van der Waals surface area contributed by atoms with Gasteiger partial charge >= 0.3 is 0 Å². The van der Waals surface area contributed by atoms with E-state index in [0.717, 1.165) is 43.4 Å². The Morgan fingerprint density at radius 1 is 1.06 bits per heavy atom. The van der Waals surface area contributed by atoms with Crippen molar-refractivity contribution in [3.63, 3.8) is 0 Å². The van der Waals surface area contributed by atoms with Gasteiger partial charge in [-0.15, -0.1) is 0 Å². The van der Waals surface area contributed by atoms with Crippen LogP contribution < -0.4 is 9.64 Å². The Kier molecular flexibility index (Phi) is 5.44. The van der Waals surface area contributed by atoms with Crippen LogP contribution >= 0.6 is 0 Å². The minimum Gasteiger partial charge on any atom is -0.497 e. The van der Waals surface area contributed by atoms with Gasteiger partial charge in [-0.25, -0.2) is 0 Å². The van der Waals surface area contributed by atoms with E-state index in [1.165, 1.54) is 37.8 Å². The largest absolute Gasteiger partial charge is 0.497 e. The molecule has 0 saturated carbocycles. The zero-order valence-corrected chi connectivity index (χ0v) is 19.6. The Labute approximate surface area is 196 Å². The molecule has 0 radical (unpaired) electrons. The van der Waals surface area contributed by atoms with E-state index in [-0.39, 0.29) is 23.8 Å². The van der Waals surface area contributed by atoms with Gasteiger partial charge in [0, 0.05) is 37.8 Å². The van der Waals surface area contributed by atoms with Crippen LogP contribution in [-0.2, 0) is 9.59 Å². The number of carbonyl (C=O) groups excluding carboxylic acids is 2. The molecule has 4 fully saturated rings. The SMILES string of the molecule is COc1ccc(N2CC(C(=O)N3CCCC4=CC5CC(CN6CCCCC56)C43)CC2=O)cc1. The summed E-state index contributed by atoms with van der Waals surface area (Å²) in [5, 5.41) is 0. The minimum atomic E-state index is -0.247. The number of likely N-dealkylation sites (tertiary alicyclic amines) is 1. The van der Waals surface area contributed by atoms with Crippen molar-refractivity contribution >= 4 is 17.5 Å². The monoisotopic (exact) mass is 449 g/mol. The van der Waals surface area contributed by atoms with Gasteiger partial charge in [-0.2, -0.15) is 0 Å². The van der Waals surface area contributed by atoms with E-state index in [4.69, 9.17) is 4.74 Å². The third-order valence-corrected chi connectivity index (χ3v) is 8.80. The van der Waals surface area contributed by atoms with Gasteiger partial charge in [-0.3, -0.25) is 14.5 Å². The first-order valence-corrected chi connectivity index (χ1v) is 12.8.